The molecule has 0 saturated carbocycles. The second kappa shape index (κ2) is 8.42. The molecular formula is C22H19BrF3N3O5. The summed E-state index contributed by atoms with van der Waals surface area (Å²) in [7, 11) is 1.23. The number of carbonyl (C=O) groups is 2. The molecule has 3 aliphatic rings. The van der Waals surface area contributed by atoms with Gasteiger partial charge in [0, 0.05) is 36.5 Å². The van der Waals surface area contributed by atoms with E-state index in [1.165, 1.54) is 7.11 Å². The standard InChI is InChI=1S/C22H19BrF3N3O5/c1-33-19-17-21(32)28-3-2-4-34-22(28)14-7-11(23)16(29(14)17)15(18(19)30)20(31)27-8-10-12(25)5-9(24)6-13(10)26/h5-6,11,14,22H,2-4,7-8H2,1H3,(H,27,31). The number of nitrogens with one attached hydrogen (secondary N) is 1. The van der Waals surface area contributed by atoms with Gasteiger partial charge < -0.3 is 24.3 Å². The highest BCUT2D eigenvalue weighted by atomic mass is 79.9. The number of benzene rings is 1. The number of rotatable bonds is 4. The number of halogens is 4. The van der Waals surface area contributed by atoms with Crippen molar-refractivity contribution in [3.8, 4) is 5.75 Å². The van der Waals surface area contributed by atoms with Crippen LogP contribution in [-0.2, 0) is 11.3 Å². The molecule has 8 nitrogen and oxygen atoms in total. The van der Waals surface area contributed by atoms with Gasteiger partial charge >= 0.3 is 0 Å². The Morgan fingerprint density at radius 2 is 1.97 bits per heavy atom. The maximum Gasteiger partial charge on any atom is 0.276 e. The molecule has 1 saturated heterocycles. The molecule has 0 bridgehead atoms. The summed E-state index contributed by atoms with van der Waals surface area (Å²) < 4.78 is 54.0. The minimum atomic E-state index is -1.17. The minimum Gasteiger partial charge on any atom is -0.491 e. The predicted octanol–water partition coefficient (Wildman–Crippen LogP) is 2.79. The van der Waals surface area contributed by atoms with Crippen LogP contribution in [0, 0.1) is 17.5 Å². The van der Waals surface area contributed by atoms with E-state index in [1.54, 1.807) is 9.47 Å². The first-order valence-electron chi connectivity index (χ1n) is 10.6. The highest BCUT2D eigenvalue weighted by Gasteiger charge is 2.50. The molecule has 3 aliphatic heterocycles. The molecule has 3 unspecified atom stereocenters. The summed E-state index contributed by atoms with van der Waals surface area (Å²) in [5.41, 5.74) is -1.35. The van der Waals surface area contributed by atoms with Gasteiger partial charge in [-0.15, -0.1) is 0 Å². The number of aromatic nitrogens is 1. The summed E-state index contributed by atoms with van der Waals surface area (Å²) in [6.45, 7) is 0.327. The lowest BCUT2D eigenvalue weighted by atomic mass is 10.1. The second-order valence-corrected chi connectivity index (χ2v) is 9.36. The molecule has 4 heterocycles. The molecule has 1 N–H and O–H groups in total. The largest absolute Gasteiger partial charge is 0.491 e. The van der Waals surface area contributed by atoms with Gasteiger partial charge in [-0.05, 0) is 12.8 Å². The third-order valence-corrected chi connectivity index (χ3v) is 7.18. The van der Waals surface area contributed by atoms with Crippen LogP contribution in [-0.4, -0.2) is 47.8 Å². The summed E-state index contributed by atoms with van der Waals surface area (Å²) in [6.07, 6.45) is 0.541. The average Bonchev–Trinajstić information content (AvgIpc) is 3.13. The summed E-state index contributed by atoms with van der Waals surface area (Å²) in [5, 5.41) is 2.34. The molecule has 0 aliphatic carbocycles. The van der Waals surface area contributed by atoms with Crippen LogP contribution in [0.4, 0.5) is 13.2 Å². The van der Waals surface area contributed by atoms with Crippen LogP contribution >= 0.6 is 15.9 Å². The van der Waals surface area contributed by atoms with Crippen molar-refractivity contribution in [3.05, 3.63) is 62.3 Å². The third-order valence-electron chi connectivity index (χ3n) is 6.38. The van der Waals surface area contributed by atoms with Crippen molar-refractivity contribution < 1.29 is 32.2 Å². The number of hydrogen-bond acceptors (Lipinski definition) is 5. The van der Waals surface area contributed by atoms with Gasteiger partial charge in [-0.3, -0.25) is 14.4 Å². The molecule has 12 heteroatoms. The molecule has 2 aromatic rings. The Hall–Kier alpha value is -2.86. The Bertz CT molecular complexity index is 1260. The van der Waals surface area contributed by atoms with E-state index in [0.717, 1.165) is 0 Å². The van der Waals surface area contributed by atoms with Crippen molar-refractivity contribution in [1.29, 1.82) is 0 Å². The minimum absolute atomic E-state index is 0.0448. The Kier molecular flexibility index (Phi) is 5.67. The third kappa shape index (κ3) is 3.34. The fraction of sp³-hybridized carbons (Fsp3) is 0.409. The smallest absolute Gasteiger partial charge is 0.276 e. The lowest BCUT2D eigenvalue weighted by Crippen LogP contribution is -2.55. The van der Waals surface area contributed by atoms with Crippen LogP contribution in [0.15, 0.2) is 16.9 Å². The van der Waals surface area contributed by atoms with E-state index in [0.29, 0.717) is 38.1 Å². The molecule has 3 atom stereocenters. The molecule has 0 spiro atoms. The van der Waals surface area contributed by atoms with Crippen LogP contribution in [0.3, 0.4) is 0 Å². The Labute approximate surface area is 199 Å². The van der Waals surface area contributed by atoms with E-state index in [-0.39, 0.29) is 28.7 Å². The van der Waals surface area contributed by atoms with Crippen LogP contribution in [0.2, 0.25) is 0 Å². The Morgan fingerprint density at radius 1 is 1.26 bits per heavy atom. The SMILES string of the molecule is COc1c2n3c(c(C(=O)NCc4c(F)cc(F)cc4F)c1=O)C(Br)CC3C1OCCCN1C2=O. The predicted molar refractivity (Wildman–Crippen MR) is 115 cm³/mol. The van der Waals surface area contributed by atoms with Crippen LogP contribution in [0.5, 0.6) is 5.75 Å². The summed E-state index contributed by atoms with van der Waals surface area (Å²) in [5.74, 6) is -5.04. The molecular weight excluding hydrogens is 523 g/mol. The zero-order valence-electron chi connectivity index (χ0n) is 17.9. The number of amides is 2. The van der Waals surface area contributed by atoms with E-state index in [2.05, 4.69) is 21.2 Å². The molecule has 5 rings (SSSR count). The van der Waals surface area contributed by atoms with E-state index >= 15 is 0 Å². The number of ether oxygens (including phenoxy) is 2. The average molecular weight is 542 g/mol. The van der Waals surface area contributed by atoms with Gasteiger partial charge in [-0.1, -0.05) is 15.9 Å². The second-order valence-electron chi connectivity index (χ2n) is 8.26. The topological polar surface area (TPSA) is 89.9 Å². The van der Waals surface area contributed by atoms with Gasteiger partial charge in [-0.25, -0.2) is 13.2 Å². The first-order valence-corrected chi connectivity index (χ1v) is 11.5. The first kappa shape index (κ1) is 22.9. The molecule has 34 heavy (non-hydrogen) atoms. The monoisotopic (exact) mass is 541 g/mol. The van der Waals surface area contributed by atoms with Gasteiger partial charge in [0.25, 0.3) is 11.8 Å². The quantitative estimate of drug-likeness (QED) is 0.601. The number of fused-ring (bicyclic) bond motifs is 2. The van der Waals surface area contributed by atoms with Crippen molar-refractivity contribution in [2.45, 2.75) is 36.5 Å². The Balaban J connectivity index is 1.60. The van der Waals surface area contributed by atoms with E-state index in [4.69, 9.17) is 9.47 Å². The van der Waals surface area contributed by atoms with Gasteiger partial charge in [0.15, 0.2) is 17.7 Å². The molecule has 2 amide bonds. The van der Waals surface area contributed by atoms with Crippen LogP contribution < -0.4 is 15.5 Å². The van der Waals surface area contributed by atoms with E-state index in [1.807, 2.05) is 0 Å². The fourth-order valence-corrected chi connectivity index (χ4v) is 5.78. The summed E-state index contributed by atoms with van der Waals surface area (Å²) >= 11 is 3.52. The molecule has 1 aromatic heterocycles. The molecule has 1 fully saturated rings. The highest BCUT2D eigenvalue weighted by molar-refractivity contribution is 9.09. The highest BCUT2D eigenvalue weighted by Crippen LogP contribution is 2.49. The number of carbonyl (C=O) groups excluding carboxylic acids is 2. The van der Waals surface area contributed by atoms with E-state index in [9.17, 15) is 27.6 Å². The maximum absolute atomic E-state index is 14.0. The Morgan fingerprint density at radius 3 is 2.65 bits per heavy atom. The zero-order valence-corrected chi connectivity index (χ0v) is 19.5. The van der Waals surface area contributed by atoms with Crippen molar-refractivity contribution >= 4 is 27.7 Å². The number of nitrogens with zero attached hydrogens (tertiary/aromatic N) is 2. The maximum atomic E-state index is 14.0. The van der Waals surface area contributed by atoms with Crippen molar-refractivity contribution in [3.63, 3.8) is 0 Å². The molecule has 0 radical (unpaired) electrons. The number of alkyl halides is 1. The van der Waals surface area contributed by atoms with Gasteiger partial charge in [0.1, 0.15) is 23.0 Å². The van der Waals surface area contributed by atoms with Gasteiger partial charge in [0.05, 0.1) is 24.6 Å². The van der Waals surface area contributed by atoms with Gasteiger partial charge in [-0.2, -0.15) is 0 Å². The van der Waals surface area contributed by atoms with Crippen molar-refractivity contribution in [1.82, 2.24) is 14.8 Å². The van der Waals surface area contributed by atoms with Crippen LogP contribution in [0.25, 0.3) is 0 Å². The van der Waals surface area contributed by atoms with Crippen molar-refractivity contribution in [2.24, 2.45) is 0 Å². The number of pyridine rings is 1. The summed E-state index contributed by atoms with van der Waals surface area (Å²) in [6, 6.07) is 0.642. The van der Waals surface area contributed by atoms with Gasteiger partial charge in [0.2, 0.25) is 5.43 Å². The lowest BCUT2D eigenvalue weighted by Gasteiger charge is -2.44. The van der Waals surface area contributed by atoms with E-state index < -0.39 is 57.9 Å². The molecule has 180 valence electrons. The number of methoxy groups -OCH3 is 1. The lowest BCUT2D eigenvalue weighted by molar-refractivity contribution is -0.109. The fourth-order valence-electron chi connectivity index (χ4n) is 4.95. The zero-order chi connectivity index (χ0) is 24.3. The summed E-state index contributed by atoms with van der Waals surface area (Å²) in [4.78, 5) is 40.9. The van der Waals surface area contributed by atoms with Crippen LogP contribution in [0.1, 0.15) is 55.8 Å². The first-order chi connectivity index (χ1) is 16.2. The number of hydrogen-bond donors (Lipinski definition) is 1. The molecule has 1 aromatic carbocycles. The normalized spacial score (nSPS) is 22.9. The van der Waals surface area contributed by atoms with Crippen molar-refractivity contribution in [2.75, 3.05) is 20.3 Å².